The number of likely N-dealkylation sites (N-methyl/N-ethyl adjacent to an activating group) is 1. The molecule has 0 saturated carbocycles. The Labute approximate surface area is 142 Å². The van der Waals surface area contributed by atoms with E-state index in [4.69, 9.17) is 10.00 Å². The molecule has 0 bridgehead atoms. The number of nitriles is 2. The summed E-state index contributed by atoms with van der Waals surface area (Å²) in [6.07, 6.45) is 1.10. The Morgan fingerprint density at radius 3 is 2.74 bits per heavy atom. The van der Waals surface area contributed by atoms with E-state index in [9.17, 15) is 5.26 Å². The van der Waals surface area contributed by atoms with Crippen molar-refractivity contribution in [3.63, 3.8) is 0 Å². The minimum absolute atomic E-state index is 0.0756. The predicted octanol–water partition coefficient (Wildman–Crippen LogP) is 2.50. The zero-order valence-corrected chi connectivity index (χ0v) is 14.5. The van der Waals surface area contributed by atoms with Gasteiger partial charge in [0.2, 0.25) is 0 Å². The van der Waals surface area contributed by atoms with Crippen molar-refractivity contribution in [1.82, 2.24) is 9.80 Å². The van der Waals surface area contributed by atoms with E-state index in [-0.39, 0.29) is 5.92 Å². The minimum atomic E-state index is -0.0756. The van der Waals surface area contributed by atoms with Gasteiger partial charge in [-0.1, -0.05) is 6.07 Å². The summed E-state index contributed by atoms with van der Waals surface area (Å²) in [4.78, 5) is 6.07. The van der Waals surface area contributed by atoms with Crippen LogP contribution in [-0.2, 0) is 4.74 Å². The summed E-state index contributed by atoms with van der Waals surface area (Å²) in [5.41, 5.74) is 0. The Bertz CT molecular complexity index is 528. The average molecular weight is 332 g/mol. The van der Waals surface area contributed by atoms with E-state index in [1.165, 1.54) is 4.88 Å². The molecular formula is C17H24N4OS. The van der Waals surface area contributed by atoms with Gasteiger partial charge in [0.15, 0.2) is 0 Å². The van der Waals surface area contributed by atoms with Crippen LogP contribution in [0.5, 0.6) is 0 Å². The van der Waals surface area contributed by atoms with Crippen LogP contribution in [0.15, 0.2) is 17.5 Å². The van der Waals surface area contributed by atoms with Crippen molar-refractivity contribution in [2.75, 3.05) is 46.4 Å². The molecule has 2 rings (SSSR count). The zero-order valence-electron chi connectivity index (χ0n) is 13.6. The fourth-order valence-corrected chi connectivity index (χ4v) is 3.79. The van der Waals surface area contributed by atoms with Crippen LogP contribution in [0, 0.1) is 28.6 Å². The second-order valence-corrected chi connectivity index (χ2v) is 6.90. The third-order valence-corrected chi connectivity index (χ3v) is 5.14. The summed E-state index contributed by atoms with van der Waals surface area (Å²) >= 11 is 1.79. The molecule has 1 fully saturated rings. The highest BCUT2D eigenvalue weighted by molar-refractivity contribution is 7.10. The standard InChI is InChI=1S/C17H24N4OS/c1-20(13-15(12-19)4-2-6-18)14-16(17-5-3-11-23-17)21-7-9-22-10-8-21/h3,5,11,15-16H,2,4,7-10,13-14H2,1H3/t15-,16+/m0/s1. The first-order chi connectivity index (χ1) is 11.2. The fraction of sp³-hybridized carbons (Fsp3) is 0.647. The monoisotopic (exact) mass is 332 g/mol. The van der Waals surface area contributed by atoms with Gasteiger partial charge in [0.05, 0.1) is 37.3 Å². The van der Waals surface area contributed by atoms with Gasteiger partial charge in [-0.2, -0.15) is 10.5 Å². The molecule has 0 N–H and O–H groups in total. The summed E-state index contributed by atoms with van der Waals surface area (Å²) < 4.78 is 5.47. The highest BCUT2D eigenvalue weighted by atomic mass is 32.1. The van der Waals surface area contributed by atoms with Crippen molar-refractivity contribution in [2.45, 2.75) is 18.9 Å². The van der Waals surface area contributed by atoms with Crippen LogP contribution >= 0.6 is 11.3 Å². The van der Waals surface area contributed by atoms with E-state index in [2.05, 4.69) is 46.5 Å². The van der Waals surface area contributed by atoms with Crippen LogP contribution in [-0.4, -0.2) is 56.2 Å². The summed E-state index contributed by atoms with van der Waals surface area (Å²) in [6, 6.07) is 9.09. The van der Waals surface area contributed by atoms with E-state index >= 15 is 0 Å². The molecule has 1 saturated heterocycles. The Morgan fingerprint density at radius 2 is 2.13 bits per heavy atom. The summed E-state index contributed by atoms with van der Waals surface area (Å²) in [5, 5.41) is 20.1. The third-order valence-electron chi connectivity index (χ3n) is 4.16. The Balaban J connectivity index is 1.97. The quantitative estimate of drug-likeness (QED) is 0.732. The number of rotatable bonds is 8. The lowest BCUT2D eigenvalue weighted by Crippen LogP contribution is -2.43. The number of hydrogen-bond donors (Lipinski definition) is 0. The molecule has 0 aliphatic carbocycles. The maximum atomic E-state index is 9.26. The maximum Gasteiger partial charge on any atom is 0.0669 e. The summed E-state index contributed by atoms with van der Waals surface area (Å²) in [7, 11) is 2.07. The van der Waals surface area contributed by atoms with Gasteiger partial charge < -0.3 is 9.64 Å². The molecule has 5 nitrogen and oxygen atoms in total. The summed E-state index contributed by atoms with van der Waals surface area (Å²) in [5.74, 6) is -0.0756. The van der Waals surface area contributed by atoms with Gasteiger partial charge in [0.1, 0.15) is 0 Å². The minimum Gasteiger partial charge on any atom is -0.379 e. The molecule has 0 aromatic carbocycles. The van der Waals surface area contributed by atoms with Gasteiger partial charge in [-0.15, -0.1) is 11.3 Å². The van der Waals surface area contributed by atoms with Crippen molar-refractivity contribution in [3.8, 4) is 12.1 Å². The molecule has 0 unspecified atom stereocenters. The van der Waals surface area contributed by atoms with Gasteiger partial charge in [-0.3, -0.25) is 4.90 Å². The molecular weight excluding hydrogens is 308 g/mol. The van der Waals surface area contributed by atoms with Crippen LogP contribution in [0.4, 0.5) is 0 Å². The van der Waals surface area contributed by atoms with Crippen LogP contribution in [0.1, 0.15) is 23.8 Å². The first-order valence-corrected chi connectivity index (χ1v) is 8.93. The Morgan fingerprint density at radius 1 is 1.35 bits per heavy atom. The number of nitrogens with zero attached hydrogens (tertiary/aromatic N) is 4. The first kappa shape index (κ1) is 17.9. The summed E-state index contributed by atoms with van der Waals surface area (Å²) in [6.45, 7) is 5.08. The van der Waals surface area contributed by atoms with E-state index in [0.29, 0.717) is 25.4 Å². The average Bonchev–Trinajstić information content (AvgIpc) is 3.11. The van der Waals surface area contributed by atoms with Gasteiger partial charge in [-0.25, -0.2) is 0 Å². The van der Waals surface area contributed by atoms with Gasteiger partial charge in [0, 0.05) is 37.5 Å². The largest absolute Gasteiger partial charge is 0.379 e. The Hall–Kier alpha value is -1.44. The molecule has 0 radical (unpaired) electrons. The molecule has 124 valence electrons. The molecule has 6 heteroatoms. The molecule has 1 aliphatic heterocycles. The number of ether oxygens (including phenoxy) is 1. The van der Waals surface area contributed by atoms with Crippen LogP contribution in [0.3, 0.4) is 0 Å². The third kappa shape index (κ3) is 5.60. The molecule has 1 aliphatic rings. The SMILES string of the molecule is CN(C[C@H](C#N)CCC#N)C[C@H](c1cccs1)N1CCOCC1. The lowest BCUT2D eigenvalue weighted by atomic mass is 10.0. The van der Waals surface area contributed by atoms with E-state index in [1.807, 2.05) is 0 Å². The highest BCUT2D eigenvalue weighted by Gasteiger charge is 2.25. The molecule has 2 heterocycles. The second-order valence-electron chi connectivity index (χ2n) is 5.92. The van der Waals surface area contributed by atoms with E-state index in [0.717, 1.165) is 32.8 Å². The number of hydrogen-bond acceptors (Lipinski definition) is 6. The molecule has 2 atom stereocenters. The Kier molecular flexibility index (Phi) is 7.51. The first-order valence-electron chi connectivity index (χ1n) is 8.05. The molecule has 1 aromatic heterocycles. The zero-order chi connectivity index (χ0) is 16.5. The fourth-order valence-electron chi connectivity index (χ4n) is 2.94. The smallest absolute Gasteiger partial charge is 0.0669 e. The molecule has 23 heavy (non-hydrogen) atoms. The van der Waals surface area contributed by atoms with Crippen molar-refractivity contribution in [2.24, 2.45) is 5.92 Å². The van der Waals surface area contributed by atoms with Gasteiger partial charge >= 0.3 is 0 Å². The topological polar surface area (TPSA) is 63.3 Å². The van der Waals surface area contributed by atoms with Crippen LogP contribution in [0.2, 0.25) is 0 Å². The highest BCUT2D eigenvalue weighted by Crippen LogP contribution is 2.27. The van der Waals surface area contributed by atoms with E-state index < -0.39 is 0 Å². The van der Waals surface area contributed by atoms with Gasteiger partial charge in [0.25, 0.3) is 0 Å². The van der Waals surface area contributed by atoms with Crippen LogP contribution < -0.4 is 0 Å². The van der Waals surface area contributed by atoms with Crippen molar-refractivity contribution in [1.29, 1.82) is 10.5 Å². The molecule has 1 aromatic rings. The normalized spacial score (nSPS) is 18.3. The van der Waals surface area contributed by atoms with E-state index in [1.54, 1.807) is 11.3 Å². The van der Waals surface area contributed by atoms with Crippen LogP contribution in [0.25, 0.3) is 0 Å². The molecule has 0 spiro atoms. The van der Waals surface area contributed by atoms with Crippen molar-refractivity contribution in [3.05, 3.63) is 22.4 Å². The number of thiophene rings is 1. The predicted molar refractivity (Wildman–Crippen MR) is 90.9 cm³/mol. The number of morpholine rings is 1. The van der Waals surface area contributed by atoms with Crippen molar-refractivity contribution < 1.29 is 4.74 Å². The van der Waals surface area contributed by atoms with Crippen molar-refractivity contribution >= 4 is 11.3 Å². The maximum absolute atomic E-state index is 9.26. The second kappa shape index (κ2) is 9.64. The lowest BCUT2D eigenvalue weighted by Gasteiger charge is -2.36. The lowest BCUT2D eigenvalue weighted by molar-refractivity contribution is 0.00959. The molecule has 0 amide bonds. The van der Waals surface area contributed by atoms with Gasteiger partial charge in [-0.05, 0) is 24.9 Å².